The molecule has 2 N–H and O–H groups in total. The number of nitrogens with zero attached hydrogens (tertiary/aromatic N) is 2. The lowest BCUT2D eigenvalue weighted by atomic mass is 10.1. The third-order valence-corrected chi connectivity index (χ3v) is 4.46. The SMILES string of the molecule is CCC(CCO)Nc1ccc(-n2ncc(Cl)c(Cl)c2=O)cc1Cl. The van der Waals surface area contributed by atoms with Crippen LogP contribution in [0.3, 0.4) is 0 Å². The van der Waals surface area contributed by atoms with Crippen LogP contribution in [0.1, 0.15) is 19.8 Å². The molecule has 1 aromatic heterocycles. The van der Waals surface area contributed by atoms with Gasteiger partial charge in [0.15, 0.2) is 0 Å². The third-order valence-electron chi connectivity index (χ3n) is 3.40. The molecule has 1 unspecified atom stereocenters. The maximum atomic E-state index is 12.1. The number of nitrogens with one attached hydrogen (secondary N) is 1. The predicted octanol–water partition coefficient (Wildman–Crippen LogP) is 3.77. The second-order valence-corrected chi connectivity index (χ2v) is 6.14. The molecule has 8 heteroatoms. The average molecular weight is 377 g/mol. The van der Waals surface area contributed by atoms with Crippen LogP contribution in [0, 0.1) is 0 Å². The molecule has 0 aliphatic rings. The van der Waals surface area contributed by atoms with Gasteiger partial charge in [-0.05, 0) is 31.0 Å². The molecule has 0 saturated heterocycles. The molecule has 0 radical (unpaired) electrons. The molecule has 0 saturated carbocycles. The highest BCUT2D eigenvalue weighted by atomic mass is 35.5. The van der Waals surface area contributed by atoms with Crippen molar-refractivity contribution in [3.8, 4) is 5.69 Å². The van der Waals surface area contributed by atoms with Crippen LogP contribution >= 0.6 is 34.8 Å². The zero-order valence-electron chi connectivity index (χ0n) is 12.4. The first-order valence-corrected chi connectivity index (χ1v) is 8.22. The van der Waals surface area contributed by atoms with E-state index in [4.69, 9.17) is 39.9 Å². The minimum absolute atomic E-state index is 0.0889. The molecule has 0 aliphatic carbocycles. The normalized spacial score (nSPS) is 12.2. The summed E-state index contributed by atoms with van der Waals surface area (Å²) in [5.74, 6) is 0. The van der Waals surface area contributed by atoms with Gasteiger partial charge in [-0.15, -0.1) is 0 Å². The molecule has 5 nitrogen and oxygen atoms in total. The van der Waals surface area contributed by atoms with Crippen molar-refractivity contribution in [3.63, 3.8) is 0 Å². The number of halogens is 3. The minimum atomic E-state index is -0.511. The lowest BCUT2D eigenvalue weighted by molar-refractivity contribution is 0.278. The van der Waals surface area contributed by atoms with Gasteiger partial charge in [0.1, 0.15) is 5.02 Å². The van der Waals surface area contributed by atoms with Gasteiger partial charge in [-0.1, -0.05) is 41.7 Å². The summed E-state index contributed by atoms with van der Waals surface area (Å²) in [7, 11) is 0. The summed E-state index contributed by atoms with van der Waals surface area (Å²) in [6, 6.07) is 5.20. The van der Waals surface area contributed by atoms with E-state index in [2.05, 4.69) is 10.4 Å². The molecular formula is C15H16Cl3N3O2. The van der Waals surface area contributed by atoms with Gasteiger partial charge in [-0.2, -0.15) is 9.78 Å². The van der Waals surface area contributed by atoms with Crippen molar-refractivity contribution < 1.29 is 5.11 Å². The molecule has 0 amide bonds. The average Bonchev–Trinajstić information content (AvgIpc) is 2.54. The minimum Gasteiger partial charge on any atom is -0.396 e. The quantitative estimate of drug-likeness (QED) is 0.805. The largest absolute Gasteiger partial charge is 0.396 e. The lowest BCUT2D eigenvalue weighted by Gasteiger charge is -2.18. The lowest BCUT2D eigenvalue weighted by Crippen LogP contribution is -2.22. The van der Waals surface area contributed by atoms with Gasteiger partial charge in [0.05, 0.1) is 27.6 Å². The van der Waals surface area contributed by atoms with Crippen molar-refractivity contribution in [2.45, 2.75) is 25.8 Å². The van der Waals surface area contributed by atoms with Crippen molar-refractivity contribution in [1.82, 2.24) is 9.78 Å². The van der Waals surface area contributed by atoms with E-state index in [0.29, 0.717) is 17.1 Å². The summed E-state index contributed by atoms with van der Waals surface area (Å²) in [5, 5.41) is 16.7. The van der Waals surface area contributed by atoms with Gasteiger partial charge in [-0.3, -0.25) is 4.79 Å². The van der Waals surface area contributed by atoms with Gasteiger partial charge in [-0.25, -0.2) is 0 Å². The Hall–Kier alpha value is -1.27. The number of aromatic nitrogens is 2. The molecule has 23 heavy (non-hydrogen) atoms. The molecule has 0 bridgehead atoms. The monoisotopic (exact) mass is 375 g/mol. The van der Waals surface area contributed by atoms with Gasteiger partial charge < -0.3 is 10.4 Å². The topological polar surface area (TPSA) is 67.2 Å². The molecule has 0 fully saturated rings. The Labute approximate surface area is 148 Å². The number of anilines is 1. The summed E-state index contributed by atoms with van der Waals surface area (Å²) in [5.41, 5.74) is 0.700. The Kier molecular flexibility index (Phi) is 6.30. The molecule has 0 spiro atoms. The smallest absolute Gasteiger partial charge is 0.291 e. The van der Waals surface area contributed by atoms with E-state index >= 15 is 0 Å². The maximum absolute atomic E-state index is 12.1. The second-order valence-electron chi connectivity index (χ2n) is 4.95. The Morgan fingerprint density at radius 3 is 2.65 bits per heavy atom. The fraction of sp³-hybridized carbons (Fsp3) is 0.333. The number of aliphatic hydroxyl groups excluding tert-OH is 1. The fourth-order valence-electron chi connectivity index (χ4n) is 2.10. The molecular weight excluding hydrogens is 361 g/mol. The van der Waals surface area contributed by atoms with Crippen molar-refractivity contribution in [2.75, 3.05) is 11.9 Å². The number of benzene rings is 1. The van der Waals surface area contributed by atoms with Crippen molar-refractivity contribution in [1.29, 1.82) is 0 Å². The van der Waals surface area contributed by atoms with Crippen LogP contribution in [-0.2, 0) is 0 Å². The van der Waals surface area contributed by atoms with Gasteiger partial charge >= 0.3 is 0 Å². The number of aliphatic hydroxyl groups is 1. The van der Waals surface area contributed by atoms with E-state index in [1.165, 1.54) is 6.20 Å². The van der Waals surface area contributed by atoms with Crippen LogP contribution < -0.4 is 10.9 Å². The zero-order chi connectivity index (χ0) is 17.0. The number of hydrogen-bond donors (Lipinski definition) is 2. The van der Waals surface area contributed by atoms with Crippen molar-refractivity contribution in [2.24, 2.45) is 0 Å². The van der Waals surface area contributed by atoms with E-state index in [9.17, 15) is 4.79 Å². The fourth-order valence-corrected chi connectivity index (χ4v) is 2.59. The van der Waals surface area contributed by atoms with E-state index in [-0.39, 0.29) is 22.7 Å². The first-order chi connectivity index (χ1) is 11.0. The summed E-state index contributed by atoms with van der Waals surface area (Å²) >= 11 is 17.9. The first-order valence-electron chi connectivity index (χ1n) is 7.08. The predicted molar refractivity (Wildman–Crippen MR) is 94.3 cm³/mol. The molecule has 2 aromatic rings. The van der Waals surface area contributed by atoms with Gasteiger partial charge in [0, 0.05) is 12.6 Å². The molecule has 2 rings (SSSR count). The molecule has 1 heterocycles. The van der Waals surface area contributed by atoms with E-state index in [0.717, 1.165) is 16.8 Å². The Morgan fingerprint density at radius 1 is 1.30 bits per heavy atom. The number of rotatable bonds is 6. The van der Waals surface area contributed by atoms with Gasteiger partial charge in [0.2, 0.25) is 0 Å². The summed E-state index contributed by atoms with van der Waals surface area (Å²) < 4.78 is 1.13. The Bertz CT molecular complexity index is 749. The Morgan fingerprint density at radius 2 is 2.04 bits per heavy atom. The van der Waals surface area contributed by atoms with Crippen LogP contribution in [0.5, 0.6) is 0 Å². The summed E-state index contributed by atoms with van der Waals surface area (Å²) in [6.07, 6.45) is 2.79. The van der Waals surface area contributed by atoms with E-state index in [1.807, 2.05) is 6.92 Å². The maximum Gasteiger partial charge on any atom is 0.291 e. The van der Waals surface area contributed by atoms with Crippen LogP contribution in [0.15, 0.2) is 29.2 Å². The van der Waals surface area contributed by atoms with Crippen LogP contribution in [0.25, 0.3) is 5.69 Å². The molecule has 124 valence electrons. The first kappa shape index (κ1) is 18.1. The molecule has 0 aliphatic heterocycles. The summed E-state index contributed by atoms with van der Waals surface area (Å²) in [4.78, 5) is 12.1. The molecule has 1 atom stereocenters. The highest BCUT2D eigenvalue weighted by Crippen LogP contribution is 2.26. The molecule has 1 aromatic carbocycles. The zero-order valence-corrected chi connectivity index (χ0v) is 14.7. The standard InChI is InChI=1S/C15H16Cl3N3O2/c1-2-9(5-6-22)20-13-4-3-10(7-11(13)16)21-15(23)14(18)12(17)8-19-21/h3-4,7-9,20,22H,2,5-6H2,1H3. The summed E-state index contributed by atoms with van der Waals surface area (Å²) in [6.45, 7) is 2.12. The van der Waals surface area contributed by atoms with Crippen molar-refractivity contribution >= 4 is 40.5 Å². The Balaban J connectivity index is 2.33. The van der Waals surface area contributed by atoms with Crippen LogP contribution in [0.4, 0.5) is 5.69 Å². The van der Waals surface area contributed by atoms with Crippen molar-refractivity contribution in [3.05, 3.63) is 49.8 Å². The third kappa shape index (κ3) is 4.18. The van der Waals surface area contributed by atoms with Crippen LogP contribution in [0.2, 0.25) is 15.1 Å². The van der Waals surface area contributed by atoms with Gasteiger partial charge in [0.25, 0.3) is 5.56 Å². The van der Waals surface area contributed by atoms with E-state index in [1.54, 1.807) is 18.2 Å². The highest BCUT2D eigenvalue weighted by molar-refractivity contribution is 6.41. The van der Waals surface area contributed by atoms with E-state index < -0.39 is 5.56 Å². The number of hydrogen-bond acceptors (Lipinski definition) is 4. The van der Waals surface area contributed by atoms with Crippen LogP contribution in [-0.4, -0.2) is 27.5 Å². The highest BCUT2D eigenvalue weighted by Gasteiger charge is 2.12. The second kappa shape index (κ2) is 8.02.